The molecule has 1 atom stereocenters. The van der Waals surface area contributed by atoms with E-state index in [0.29, 0.717) is 12.8 Å². The third kappa shape index (κ3) is 5.93. The Morgan fingerprint density at radius 3 is 2.90 bits per heavy atom. The van der Waals surface area contributed by atoms with Crippen molar-refractivity contribution in [2.75, 3.05) is 19.4 Å². The number of hydrogen-bond donors (Lipinski definition) is 0. The second-order valence-electron chi connectivity index (χ2n) is 1.87. The summed E-state index contributed by atoms with van der Waals surface area (Å²) >= 11 is 0. The van der Waals surface area contributed by atoms with Crippen LogP contribution in [0.1, 0.15) is 6.92 Å². The molecular formula is C7H14O2P+. The molecule has 0 aromatic carbocycles. The van der Waals surface area contributed by atoms with Crippen molar-refractivity contribution in [2.24, 2.45) is 0 Å². The zero-order valence-corrected chi connectivity index (χ0v) is 7.71. The molecular weight excluding hydrogens is 147 g/mol. The topological polar surface area (TPSA) is 26.3 Å². The number of carbonyl (C=O) groups is 1. The quantitative estimate of drug-likeness (QED) is 0.338. The van der Waals surface area contributed by atoms with Gasteiger partial charge in [0.15, 0.2) is 5.78 Å². The van der Waals surface area contributed by atoms with Gasteiger partial charge in [-0.1, -0.05) is 12.2 Å². The lowest BCUT2D eigenvalue weighted by molar-refractivity contribution is -0.120. The van der Waals surface area contributed by atoms with Crippen molar-refractivity contribution in [3.05, 3.63) is 12.2 Å². The molecule has 0 bridgehead atoms. The van der Waals surface area contributed by atoms with Crippen molar-refractivity contribution in [1.82, 2.24) is 0 Å². The van der Waals surface area contributed by atoms with E-state index in [4.69, 9.17) is 4.74 Å². The predicted octanol–water partition coefficient (Wildman–Crippen LogP) is 0.756. The fourth-order valence-corrected chi connectivity index (χ4v) is 0.554. The summed E-state index contributed by atoms with van der Waals surface area (Å²) in [6.07, 6.45) is 4.37. The maximum atomic E-state index is 10.6. The van der Waals surface area contributed by atoms with Gasteiger partial charge in [0.25, 0.3) is 0 Å². The standard InChI is InChI=1S/C7H13O2P/c1-2-3-4-9-5-7(8)6-10/h2-3H,4-6,10H2,1H3/p+1. The first-order chi connectivity index (χ1) is 4.81. The van der Waals surface area contributed by atoms with Crippen LogP contribution in [0.4, 0.5) is 0 Å². The van der Waals surface area contributed by atoms with E-state index in [2.05, 4.69) is 0 Å². The second kappa shape index (κ2) is 6.91. The Kier molecular flexibility index (Phi) is 6.78. The van der Waals surface area contributed by atoms with E-state index in [-0.39, 0.29) is 12.4 Å². The largest absolute Gasteiger partial charge is 0.369 e. The van der Waals surface area contributed by atoms with Crippen LogP contribution in [-0.2, 0) is 9.53 Å². The highest BCUT2D eigenvalue weighted by molar-refractivity contribution is 7.18. The van der Waals surface area contributed by atoms with Gasteiger partial charge in [0.1, 0.15) is 12.8 Å². The Labute approximate surface area is 63.8 Å². The Morgan fingerprint density at radius 2 is 2.40 bits per heavy atom. The number of allylic oxidation sites excluding steroid dienone is 1. The number of hydrogen-bond acceptors (Lipinski definition) is 2. The minimum Gasteiger partial charge on any atom is -0.369 e. The molecule has 0 spiro atoms. The lowest BCUT2D eigenvalue weighted by atomic mass is 10.5. The van der Waals surface area contributed by atoms with Crippen molar-refractivity contribution < 1.29 is 9.53 Å². The van der Waals surface area contributed by atoms with Gasteiger partial charge in [0.05, 0.1) is 6.61 Å². The summed E-state index contributed by atoms with van der Waals surface area (Å²) in [5.41, 5.74) is 0. The zero-order valence-electron chi connectivity index (χ0n) is 6.30. The molecule has 0 saturated heterocycles. The molecule has 0 aliphatic heterocycles. The molecule has 0 amide bonds. The molecule has 0 aliphatic carbocycles. The van der Waals surface area contributed by atoms with Crippen molar-refractivity contribution in [3.8, 4) is 0 Å². The van der Waals surface area contributed by atoms with E-state index >= 15 is 0 Å². The number of Topliss-reactive ketones (excluding diaryl/α,β-unsaturated/α-hetero) is 1. The summed E-state index contributed by atoms with van der Waals surface area (Å²) in [5, 5.41) is 0. The molecule has 58 valence electrons. The summed E-state index contributed by atoms with van der Waals surface area (Å²) < 4.78 is 4.99. The van der Waals surface area contributed by atoms with Gasteiger partial charge in [-0.05, 0) is 16.2 Å². The Morgan fingerprint density at radius 1 is 1.70 bits per heavy atom. The van der Waals surface area contributed by atoms with Crippen molar-refractivity contribution in [2.45, 2.75) is 6.92 Å². The number of ketones is 1. The molecule has 0 fully saturated rings. The summed E-state index contributed by atoms with van der Waals surface area (Å²) in [6.45, 7) is 2.73. The molecule has 0 radical (unpaired) electrons. The lowest BCUT2D eigenvalue weighted by Gasteiger charge is -1.94. The van der Waals surface area contributed by atoms with Crippen LogP contribution < -0.4 is 0 Å². The molecule has 0 N–H and O–H groups in total. The van der Waals surface area contributed by atoms with Crippen LogP contribution in [0, 0.1) is 0 Å². The summed E-state index contributed by atoms with van der Waals surface area (Å²) in [7, 11) is 1.66. The van der Waals surface area contributed by atoms with Gasteiger partial charge in [-0.25, -0.2) is 0 Å². The van der Waals surface area contributed by atoms with Gasteiger partial charge in [0.2, 0.25) is 0 Å². The van der Waals surface area contributed by atoms with E-state index in [1.54, 1.807) is 9.24 Å². The smallest absolute Gasteiger partial charge is 0.194 e. The first kappa shape index (κ1) is 9.80. The van der Waals surface area contributed by atoms with Crippen LogP contribution in [0.25, 0.3) is 0 Å². The van der Waals surface area contributed by atoms with Gasteiger partial charge >= 0.3 is 0 Å². The van der Waals surface area contributed by atoms with Gasteiger partial charge < -0.3 is 4.74 Å². The fourth-order valence-electron chi connectivity index (χ4n) is 0.409. The Balaban J connectivity index is 3.11. The van der Waals surface area contributed by atoms with Crippen molar-refractivity contribution in [3.63, 3.8) is 0 Å². The van der Waals surface area contributed by atoms with Gasteiger partial charge in [-0.2, -0.15) is 0 Å². The lowest BCUT2D eigenvalue weighted by Crippen LogP contribution is -2.09. The second-order valence-corrected chi connectivity index (χ2v) is 2.37. The summed E-state index contributed by atoms with van der Waals surface area (Å²) in [4.78, 5) is 10.6. The molecule has 0 aliphatic rings. The summed E-state index contributed by atoms with van der Waals surface area (Å²) in [6, 6.07) is 0. The third-order valence-corrected chi connectivity index (χ3v) is 1.55. The highest BCUT2D eigenvalue weighted by Crippen LogP contribution is 1.84. The Bertz CT molecular complexity index is 121. The monoisotopic (exact) mass is 161 g/mol. The number of rotatable bonds is 5. The van der Waals surface area contributed by atoms with E-state index in [9.17, 15) is 4.79 Å². The maximum Gasteiger partial charge on any atom is 0.194 e. The summed E-state index contributed by atoms with van der Waals surface area (Å²) in [5.74, 6) is 0.169. The van der Waals surface area contributed by atoms with Crippen LogP contribution in [0.5, 0.6) is 0 Å². The molecule has 10 heavy (non-hydrogen) atoms. The van der Waals surface area contributed by atoms with E-state index < -0.39 is 0 Å². The average Bonchev–Trinajstić information content (AvgIpc) is 1.98. The van der Waals surface area contributed by atoms with Gasteiger partial charge in [-0.15, -0.1) is 0 Å². The Hall–Kier alpha value is -0.200. The molecule has 3 heteroatoms. The highest BCUT2D eigenvalue weighted by atomic mass is 31.0. The zero-order chi connectivity index (χ0) is 7.82. The van der Waals surface area contributed by atoms with Crippen LogP contribution in [0.2, 0.25) is 0 Å². The first-order valence-electron chi connectivity index (χ1n) is 3.31. The predicted molar refractivity (Wildman–Crippen MR) is 46.6 cm³/mol. The fraction of sp³-hybridized carbons (Fsp3) is 0.571. The number of carbonyl (C=O) groups excluding carboxylic acids is 1. The molecule has 0 heterocycles. The average molecular weight is 161 g/mol. The van der Waals surface area contributed by atoms with Crippen LogP contribution in [-0.4, -0.2) is 25.2 Å². The number of ether oxygens (including phenoxy) is 1. The van der Waals surface area contributed by atoms with Gasteiger partial charge in [0, 0.05) is 0 Å². The van der Waals surface area contributed by atoms with Crippen LogP contribution in [0.3, 0.4) is 0 Å². The minimum atomic E-state index is 0.169. The van der Waals surface area contributed by atoms with Crippen LogP contribution in [0.15, 0.2) is 12.2 Å². The molecule has 2 nitrogen and oxygen atoms in total. The van der Waals surface area contributed by atoms with Crippen molar-refractivity contribution in [1.29, 1.82) is 0 Å². The highest BCUT2D eigenvalue weighted by Gasteiger charge is 1.97. The molecule has 1 unspecified atom stereocenters. The van der Waals surface area contributed by atoms with E-state index in [0.717, 1.165) is 0 Å². The van der Waals surface area contributed by atoms with Crippen molar-refractivity contribution >= 4 is 15.0 Å². The normalized spacial score (nSPS) is 10.9. The van der Waals surface area contributed by atoms with Crippen LogP contribution >= 0.6 is 9.24 Å². The first-order valence-corrected chi connectivity index (χ1v) is 4.31. The molecule has 0 rings (SSSR count). The molecule has 0 aromatic heterocycles. The van der Waals surface area contributed by atoms with Gasteiger partial charge in [-0.3, -0.25) is 4.79 Å². The third-order valence-electron chi connectivity index (χ3n) is 0.992. The van der Waals surface area contributed by atoms with E-state index in [1.165, 1.54) is 0 Å². The molecule has 0 saturated carbocycles. The molecule has 0 aromatic rings. The van der Waals surface area contributed by atoms with E-state index in [1.807, 2.05) is 19.1 Å². The minimum absolute atomic E-state index is 0.169. The maximum absolute atomic E-state index is 10.6. The SMILES string of the molecule is CC=CCOCC(=O)C[PH3+].